The van der Waals surface area contributed by atoms with E-state index in [2.05, 4.69) is 40.7 Å². The van der Waals surface area contributed by atoms with Crippen LogP contribution in [-0.2, 0) is 28.5 Å². The number of allylic oxidation sites excluding steroid dienone is 3. The number of aliphatic hydroxyl groups is 3. The number of fused-ring (bicyclic) bond motifs is 1. The fourth-order valence-electron chi connectivity index (χ4n) is 7.65. The van der Waals surface area contributed by atoms with Gasteiger partial charge in [-0.15, -0.1) is 0 Å². The van der Waals surface area contributed by atoms with Gasteiger partial charge in [-0.2, -0.15) is 0 Å². The summed E-state index contributed by atoms with van der Waals surface area (Å²) in [5.74, 6) is -0.138. The van der Waals surface area contributed by atoms with Crippen LogP contribution in [0, 0.1) is 28.6 Å². The summed E-state index contributed by atoms with van der Waals surface area (Å²) in [5.41, 5.74) is 1.35. The Morgan fingerprint density at radius 2 is 1.80 bits per heavy atom. The molecule has 1 heterocycles. The first-order chi connectivity index (χ1) is 19.0. The average molecular weight is 581 g/mol. The summed E-state index contributed by atoms with van der Waals surface area (Å²) in [6.45, 7) is 16.0. The number of rotatable bonds is 9. The quantitative estimate of drug-likeness (QED) is 0.210. The molecule has 0 spiro atoms. The van der Waals surface area contributed by atoms with Crippen LogP contribution in [0.25, 0.3) is 0 Å². The van der Waals surface area contributed by atoms with Gasteiger partial charge >= 0.3 is 11.9 Å². The maximum atomic E-state index is 12.9. The van der Waals surface area contributed by atoms with E-state index >= 15 is 0 Å². The maximum Gasteiger partial charge on any atom is 0.331 e. The standard InChI is InChI=1S/C32H52O9/c1-17(2)14-25(34)41-29-22(40-30-28(37)27(36)26(35)20(5)39-30)16-32(8)21(12-10-18(3)15-24(33)38-9)19(4)11-13-23(32)31(29,6)7/h11,14,18,20-23,26-30,35-37H,10,12-13,15-16H2,1-9H3. The molecular formula is C32H52O9. The van der Waals surface area contributed by atoms with E-state index in [1.54, 1.807) is 6.92 Å². The zero-order valence-electron chi connectivity index (χ0n) is 26.3. The van der Waals surface area contributed by atoms with Gasteiger partial charge in [-0.05, 0) is 76.5 Å². The van der Waals surface area contributed by atoms with Gasteiger partial charge in [-0.1, -0.05) is 44.9 Å². The van der Waals surface area contributed by atoms with Gasteiger partial charge in [0.2, 0.25) is 0 Å². The van der Waals surface area contributed by atoms with Gasteiger partial charge in [0, 0.05) is 17.9 Å². The molecule has 234 valence electrons. The van der Waals surface area contributed by atoms with Gasteiger partial charge in [0.05, 0.1) is 19.3 Å². The summed E-state index contributed by atoms with van der Waals surface area (Å²) in [6.07, 6.45) is -0.163. The summed E-state index contributed by atoms with van der Waals surface area (Å²) in [4.78, 5) is 24.8. The number of methoxy groups -OCH3 is 1. The van der Waals surface area contributed by atoms with E-state index in [9.17, 15) is 24.9 Å². The molecule has 3 N–H and O–H groups in total. The highest BCUT2D eigenvalue weighted by Crippen LogP contribution is 2.62. The molecule has 1 saturated carbocycles. The molecule has 0 aromatic rings. The molecule has 41 heavy (non-hydrogen) atoms. The first-order valence-electron chi connectivity index (χ1n) is 15.0. The summed E-state index contributed by atoms with van der Waals surface area (Å²) in [7, 11) is 1.41. The lowest BCUT2D eigenvalue weighted by Gasteiger charge is -2.61. The van der Waals surface area contributed by atoms with Crippen LogP contribution in [0.3, 0.4) is 0 Å². The topological polar surface area (TPSA) is 132 Å². The lowest BCUT2D eigenvalue weighted by atomic mass is 9.46. The fourth-order valence-corrected chi connectivity index (χ4v) is 7.65. The Morgan fingerprint density at radius 3 is 2.41 bits per heavy atom. The summed E-state index contributed by atoms with van der Waals surface area (Å²) in [6, 6.07) is 0. The summed E-state index contributed by atoms with van der Waals surface area (Å²) >= 11 is 0. The Balaban J connectivity index is 1.97. The zero-order chi connectivity index (χ0) is 30.9. The largest absolute Gasteiger partial charge is 0.469 e. The van der Waals surface area contributed by atoms with Crippen molar-refractivity contribution in [3.05, 3.63) is 23.3 Å². The van der Waals surface area contributed by atoms with Crippen LogP contribution in [0.1, 0.15) is 87.5 Å². The average Bonchev–Trinajstić information content (AvgIpc) is 2.87. The maximum absolute atomic E-state index is 12.9. The number of hydrogen-bond acceptors (Lipinski definition) is 9. The SMILES string of the molecule is COC(=O)CC(C)CCC1C(C)=CCC2C(C)(C)C(OC(=O)C=C(C)C)C(OC3OC(C)C(O)C(O)C3O)CC12C. The molecule has 11 unspecified atom stereocenters. The number of ether oxygens (including phenoxy) is 4. The van der Waals surface area contributed by atoms with E-state index in [4.69, 9.17) is 18.9 Å². The van der Waals surface area contributed by atoms with Crippen LogP contribution in [0.4, 0.5) is 0 Å². The summed E-state index contributed by atoms with van der Waals surface area (Å²) < 4.78 is 23.3. The van der Waals surface area contributed by atoms with Crippen LogP contribution in [0.15, 0.2) is 23.3 Å². The van der Waals surface area contributed by atoms with Gasteiger partial charge < -0.3 is 34.3 Å². The Morgan fingerprint density at radius 1 is 1.15 bits per heavy atom. The molecule has 2 fully saturated rings. The monoisotopic (exact) mass is 580 g/mol. The van der Waals surface area contributed by atoms with E-state index in [1.165, 1.54) is 18.8 Å². The lowest BCUT2D eigenvalue weighted by molar-refractivity contribution is -0.325. The van der Waals surface area contributed by atoms with Crippen molar-refractivity contribution in [1.29, 1.82) is 0 Å². The minimum atomic E-state index is -1.47. The van der Waals surface area contributed by atoms with Crippen LogP contribution >= 0.6 is 0 Å². The molecular weight excluding hydrogens is 528 g/mol. The third-order valence-corrected chi connectivity index (χ3v) is 9.89. The second-order valence-corrected chi connectivity index (χ2v) is 13.7. The molecule has 3 rings (SSSR count). The van der Waals surface area contributed by atoms with Crippen molar-refractivity contribution in [3.63, 3.8) is 0 Å². The van der Waals surface area contributed by atoms with E-state index < -0.39 is 54.3 Å². The molecule has 9 heteroatoms. The smallest absolute Gasteiger partial charge is 0.331 e. The Hall–Kier alpha value is -1.78. The predicted octanol–water partition coefficient (Wildman–Crippen LogP) is 4.08. The van der Waals surface area contributed by atoms with Crippen molar-refractivity contribution in [3.8, 4) is 0 Å². The van der Waals surface area contributed by atoms with E-state index in [-0.39, 0.29) is 29.1 Å². The van der Waals surface area contributed by atoms with Crippen molar-refractivity contribution in [2.45, 2.75) is 130 Å². The van der Waals surface area contributed by atoms with Gasteiger partial charge in [0.25, 0.3) is 0 Å². The molecule has 1 aliphatic heterocycles. The first-order valence-corrected chi connectivity index (χ1v) is 15.0. The molecule has 0 radical (unpaired) electrons. The van der Waals surface area contributed by atoms with Gasteiger partial charge in [-0.25, -0.2) is 4.79 Å². The van der Waals surface area contributed by atoms with Crippen LogP contribution in [-0.4, -0.2) is 77.3 Å². The van der Waals surface area contributed by atoms with Gasteiger partial charge in [-0.3, -0.25) is 4.79 Å². The van der Waals surface area contributed by atoms with Crippen LogP contribution in [0.5, 0.6) is 0 Å². The molecule has 0 bridgehead atoms. The number of hydrogen-bond donors (Lipinski definition) is 3. The Kier molecular flexibility index (Phi) is 10.9. The second kappa shape index (κ2) is 13.2. The van der Waals surface area contributed by atoms with E-state index in [0.717, 1.165) is 24.8 Å². The zero-order valence-corrected chi connectivity index (χ0v) is 26.3. The van der Waals surface area contributed by atoms with Gasteiger partial charge in [0.1, 0.15) is 24.4 Å². The molecule has 2 aliphatic carbocycles. The number of carbonyl (C=O) groups is 2. The number of carbonyl (C=O) groups excluding carboxylic acids is 2. The highest BCUT2D eigenvalue weighted by Gasteiger charge is 2.61. The molecule has 1 saturated heterocycles. The molecule has 11 atom stereocenters. The van der Waals surface area contributed by atoms with Crippen molar-refractivity contribution < 1.29 is 43.9 Å². The third-order valence-electron chi connectivity index (χ3n) is 9.89. The minimum Gasteiger partial charge on any atom is -0.469 e. The molecule has 0 aromatic carbocycles. The second-order valence-electron chi connectivity index (χ2n) is 13.7. The fraction of sp³-hybridized carbons (Fsp3) is 0.812. The first kappa shape index (κ1) is 33.7. The lowest BCUT2D eigenvalue weighted by Crippen LogP contribution is -2.64. The Bertz CT molecular complexity index is 999. The molecule has 9 nitrogen and oxygen atoms in total. The number of esters is 2. The minimum absolute atomic E-state index is 0.160. The van der Waals surface area contributed by atoms with E-state index in [0.29, 0.717) is 12.8 Å². The molecule has 3 aliphatic rings. The van der Waals surface area contributed by atoms with Gasteiger partial charge in [0.15, 0.2) is 6.29 Å². The molecule has 0 amide bonds. The van der Waals surface area contributed by atoms with Crippen molar-refractivity contribution in [1.82, 2.24) is 0 Å². The number of aliphatic hydroxyl groups excluding tert-OH is 3. The normalized spacial score (nSPS) is 39.1. The summed E-state index contributed by atoms with van der Waals surface area (Å²) in [5, 5.41) is 31.4. The van der Waals surface area contributed by atoms with Crippen molar-refractivity contribution >= 4 is 11.9 Å². The van der Waals surface area contributed by atoms with Crippen molar-refractivity contribution in [2.75, 3.05) is 7.11 Å². The highest BCUT2D eigenvalue weighted by molar-refractivity contribution is 5.82. The highest BCUT2D eigenvalue weighted by atomic mass is 16.7. The van der Waals surface area contributed by atoms with E-state index in [1.807, 2.05) is 13.8 Å². The van der Waals surface area contributed by atoms with Crippen LogP contribution in [0.2, 0.25) is 0 Å². The Labute approximate surface area is 245 Å². The van der Waals surface area contributed by atoms with Crippen molar-refractivity contribution in [2.24, 2.45) is 28.6 Å². The third kappa shape index (κ3) is 7.24. The van der Waals surface area contributed by atoms with Crippen LogP contribution < -0.4 is 0 Å². The molecule has 0 aromatic heterocycles. The predicted molar refractivity (Wildman–Crippen MR) is 153 cm³/mol.